The third-order valence-electron chi connectivity index (χ3n) is 2.04. The number of halogens is 3. The van der Waals surface area contributed by atoms with Crippen LogP contribution in [0.1, 0.15) is 21.6 Å². The van der Waals surface area contributed by atoms with E-state index in [0.717, 1.165) is 24.7 Å². The number of hydrogen-bond acceptors (Lipinski definition) is 2. The summed E-state index contributed by atoms with van der Waals surface area (Å²) in [6, 6.07) is 5.94. The van der Waals surface area contributed by atoms with Crippen molar-refractivity contribution in [2.45, 2.75) is 12.3 Å². The van der Waals surface area contributed by atoms with Crippen molar-refractivity contribution >= 4 is 54.8 Å². The van der Waals surface area contributed by atoms with Crippen LogP contribution in [0.2, 0.25) is 0 Å². The number of aryl methyl sites for hydroxylation is 1. The molecule has 2 aromatic heterocycles. The quantitative estimate of drug-likeness (QED) is 0.636. The molecule has 1 nitrogen and oxygen atoms in total. The molecule has 0 saturated carbocycles. The smallest absolute Gasteiger partial charge is 0.169 e. The summed E-state index contributed by atoms with van der Waals surface area (Å²) < 4.78 is 7.19. The van der Waals surface area contributed by atoms with Crippen LogP contribution < -0.4 is 0 Å². The molecule has 0 aromatic carbocycles. The Morgan fingerprint density at radius 2 is 2.13 bits per heavy atom. The van der Waals surface area contributed by atoms with Crippen LogP contribution in [0.4, 0.5) is 0 Å². The molecule has 0 aliphatic rings. The Morgan fingerprint density at radius 3 is 2.60 bits per heavy atom. The minimum Gasteiger partial charge on any atom is -0.454 e. The second-order valence-corrected chi connectivity index (χ2v) is 6.78. The molecule has 5 heteroatoms. The molecule has 0 fully saturated rings. The Balaban J connectivity index is 2.35. The van der Waals surface area contributed by atoms with Crippen LogP contribution in [0.3, 0.4) is 0 Å². The Kier molecular flexibility index (Phi) is 3.60. The summed E-state index contributed by atoms with van der Waals surface area (Å²) in [7, 11) is 0. The number of alkyl halides is 1. The number of hydrogen-bond donors (Lipinski definition) is 0. The Hall–Kier alpha value is 0.230. The lowest BCUT2D eigenvalue weighted by molar-refractivity contribution is 0.507. The molecule has 15 heavy (non-hydrogen) atoms. The van der Waals surface area contributed by atoms with Crippen LogP contribution in [0.15, 0.2) is 31.1 Å². The van der Waals surface area contributed by atoms with Crippen LogP contribution >= 0.6 is 54.8 Å². The Morgan fingerprint density at radius 1 is 1.40 bits per heavy atom. The van der Waals surface area contributed by atoms with Gasteiger partial charge in [-0.3, -0.25) is 0 Å². The number of thiophene rings is 1. The first kappa shape index (κ1) is 11.7. The van der Waals surface area contributed by atoms with E-state index in [1.165, 1.54) is 0 Å². The average Bonchev–Trinajstić information content (AvgIpc) is 2.71. The normalized spacial score (nSPS) is 13.1. The van der Waals surface area contributed by atoms with Gasteiger partial charge in [-0.05, 0) is 57.0 Å². The lowest BCUT2D eigenvalue weighted by atomic mass is 10.1. The summed E-state index contributed by atoms with van der Waals surface area (Å²) in [5, 5.41) is -0.142. The molecular formula is C10H7Br2ClOS. The monoisotopic (exact) mass is 368 g/mol. The van der Waals surface area contributed by atoms with Gasteiger partial charge in [0.05, 0.1) is 9.16 Å². The van der Waals surface area contributed by atoms with E-state index in [2.05, 4.69) is 31.9 Å². The molecule has 0 aliphatic heterocycles. The van der Waals surface area contributed by atoms with E-state index in [-0.39, 0.29) is 5.38 Å². The van der Waals surface area contributed by atoms with Crippen molar-refractivity contribution in [3.63, 3.8) is 0 Å². The van der Waals surface area contributed by atoms with E-state index < -0.39 is 0 Å². The van der Waals surface area contributed by atoms with E-state index in [1.54, 1.807) is 11.3 Å². The fraction of sp³-hybridized carbons (Fsp3) is 0.200. The highest BCUT2D eigenvalue weighted by atomic mass is 79.9. The molecule has 0 radical (unpaired) electrons. The predicted octanol–water partition coefficient (Wildman–Crippen LogP) is 5.50. The van der Waals surface area contributed by atoms with Crippen LogP contribution in [0.25, 0.3) is 0 Å². The molecule has 0 spiro atoms. The highest BCUT2D eigenvalue weighted by Gasteiger charge is 2.18. The van der Waals surface area contributed by atoms with Gasteiger partial charge in [0.1, 0.15) is 5.76 Å². The first-order valence-electron chi connectivity index (χ1n) is 4.23. The maximum absolute atomic E-state index is 6.37. The van der Waals surface area contributed by atoms with Gasteiger partial charge < -0.3 is 4.42 Å². The summed E-state index contributed by atoms with van der Waals surface area (Å²) >= 11 is 14.7. The van der Waals surface area contributed by atoms with E-state index in [1.807, 2.05) is 25.1 Å². The van der Waals surface area contributed by atoms with Crippen LogP contribution in [0, 0.1) is 6.92 Å². The zero-order valence-corrected chi connectivity index (χ0v) is 12.5. The molecule has 0 saturated heterocycles. The highest BCUT2D eigenvalue weighted by Crippen LogP contribution is 2.38. The van der Waals surface area contributed by atoms with Crippen molar-refractivity contribution < 1.29 is 4.42 Å². The Labute approximate surface area is 114 Å². The largest absolute Gasteiger partial charge is 0.454 e. The van der Waals surface area contributed by atoms with Crippen LogP contribution in [-0.4, -0.2) is 0 Å². The number of furan rings is 1. The maximum Gasteiger partial charge on any atom is 0.169 e. The lowest BCUT2D eigenvalue weighted by Crippen LogP contribution is -1.89. The predicted molar refractivity (Wildman–Crippen MR) is 70.9 cm³/mol. The van der Waals surface area contributed by atoms with Crippen LogP contribution in [0.5, 0.6) is 0 Å². The van der Waals surface area contributed by atoms with Gasteiger partial charge in [-0.1, -0.05) is 0 Å². The third-order valence-corrected chi connectivity index (χ3v) is 4.72. The zero-order chi connectivity index (χ0) is 11.0. The van der Waals surface area contributed by atoms with Gasteiger partial charge in [-0.2, -0.15) is 0 Å². The summed E-state index contributed by atoms with van der Waals surface area (Å²) in [6.45, 7) is 1.91. The van der Waals surface area contributed by atoms with Crippen molar-refractivity contribution in [3.05, 3.63) is 42.9 Å². The van der Waals surface area contributed by atoms with E-state index in [4.69, 9.17) is 16.0 Å². The summed E-state index contributed by atoms with van der Waals surface area (Å²) in [5.74, 6) is 0.853. The van der Waals surface area contributed by atoms with E-state index >= 15 is 0 Å². The minimum atomic E-state index is -0.142. The summed E-state index contributed by atoms with van der Waals surface area (Å²) in [5.41, 5.74) is 1.01. The summed E-state index contributed by atoms with van der Waals surface area (Å²) in [6.07, 6.45) is 0. The number of rotatable bonds is 2. The molecule has 2 heterocycles. The zero-order valence-electron chi connectivity index (χ0n) is 7.76. The molecule has 1 atom stereocenters. The second kappa shape index (κ2) is 4.62. The van der Waals surface area contributed by atoms with Gasteiger partial charge in [0.25, 0.3) is 0 Å². The van der Waals surface area contributed by atoms with Crippen molar-refractivity contribution in [2.75, 3.05) is 0 Å². The topological polar surface area (TPSA) is 13.1 Å². The van der Waals surface area contributed by atoms with Crippen molar-refractivity contribution in [2.24, 2.45) is 0 Å². The molecule has 2 aromatic rings. The maximum atomic E-state index is 6.37. The molecular weight excluding hydrogens is 363 g/mol. The van der Waals surface area contributed by atoms with E-state index in [9.17, 15) is 0 Å². The first-order chi connectivity index (χ1) is 7.08. The second-order valence-electron chi connectivity index (χ2n) is 3.07. The van der Waals surface area contributed by atoms with Gasteiger partial charge in [-0.25, -0.2) is 0 Å². The first-order valence-corrected chi connectivity index (χ1v) is 7.07. The summed E-state index contributed by atoms with van der Waals surface area (Å²) in [4.78, 5) is 1.11. The van der Waals surface area contributed by atoms with Gasteiger partial charge in [0, 0.05) is 10.4 Å². The Bertz CT molecular complexity index is 477. The SMILES string of the molecule is Cc1oc(Br)cc1C(Cl)c1ccc(Br)s1. The highest BCUT2D eigenvalue weighted by molar-refractivity contribution is 9.11. The molecule has 2 rings (SSSR count). The fourth-order valence-corrected chi connectivity index (χ4v) is 3.66. The van der Waals surface area contributed by atoms with Crippen LogP contribution in [-0.2, 0) is 0 Å². The molecule has 0 N–H and O–H groups in total. The van der Waals surface area contributed by atoms with Gasteiger partial charge >= 0.3 is 0 Å². The molecule has 0 amide bonds. The van der Waals surface area contributed by atoms with Crippen molar-refractivity contribution in [1.82, 2.24) is 0 Å². The van der Waals surface area contributed by atoms with E-state index in [0.29, 0.717) is 0 Å². The van der Waals surface area contributed by atoms with Crippen molar-refractivity contribution in [3.8, 4) is 0 Å². The molecule has 1 unspecified atom stereocenters. The lowest BCUT2D eigenvalue weighted by Gasteiger charge is -2.04. The van der Waals surface area contributed by atoms with Gasteiger partial charge in [0.2, 0.25) is 0 Å². The molecule has 0 bridgehead atoms. The standard InChI is InChI=1S/C10H7Br2ClOS/c1-5-6(4-8(11)14-5)10(13)7-2-3-9(12)15-7/h2-4,10H,1H3. The van der Waals surface area contributed by atoms with Gasteiger partial charge in [-0.15, -0.1) is 22.9 Å². The van der Waals surface area contributed by atoms with Crippen molar-refractivity contribution in [1.29, 1.82) is 0 Å². The van der Waals surface area contributed by atoms with Gasteiger partial charge in [0.15, 0.2) is 4.67 Å². The fourth-order valence-electron chi connectivity index (χ4n) is 1.33. The third kappa shape index (κ3) is 2.49. The minimum absolute atomic E-state index is 0.142. The molecule has 80 valence electrons. The average molecular weight is 370 g/mol. The molecule has 0 aliphatic carbocycles.